The van der Waals surface area contributed by atoms with Crippen LogP contribution in [-0.4, -0.2) is 48.4 Å². The number of unbranched alkanes of at least 4 members (excludes halogenated alkanes) is 8. The molecule has 1 unspecified atom stereocenters. The maximum atomic E-state index is 11.6. The highest BCUT2D eigenvalue weighted by Crippen LogP contribution is 2.42. The molecule has 0 heterocycles. The summed E-state index contributed by atoms with van der Waals surface area (Å²) in [5, 5.41) is 9.60. The van der Waals surface area contributed by atoms with Gasteiger partial charge >= 0.3 is 13.8 Å². The first-order valence-electron chi connectivity index (χ1n) is 9.57. The maximum absolute atomic E-state index is 11.6. The highest BCUT2D eigenvalue weighted by atomic mass is 31.2. The van der Waals surface area contributed by atoms with Crippen LogP contribution in [0.5, 0.6) is 0 Å². The Kier molecular flexibility index (Phi) is 16.3. The van der Waals surface area contributed by atoms with Gasteiger partial charge in [0.2, 0.25) is 0 Å². The predicted octanol–water partition coefficient (Wildman–Crippen LogP) is 2.90. The second-order valence-electron chi connectivity index (χ2n) is 6.30. The second kappa shape index (κ2) is 16.7. The lowest BCUT2D eigenvalue weighted by Crippen LogP contribution is -2.23. The molecule has 0 bridgehead atoms. The quantitative estimate of drug-likeness (QED) is 0.183. The van der Waals surface area contributed by atoms with Crippen LogP contribution in [0.3, 0.4) is 0 Å². The Hall–Kier alpha value is -0.500. The molecule has 0 saturated carbocycles. The molecule has 0 aromatic rings. The number of aliphatic hydroxyl groups excluding tert-OH is 1. The summed E-state index contributed by atoms with van der Waals surface area (Å²) in [6, 6.07) is 0. The monoisotopic (exact) mass is 397 g/mol. The SMILES string of the molecule is CCCCCCCCCCCC(=O)OC[C@H](O)COP(=O)(O)OCCN. The number of carbonyl (C=O) groups excluding carboxylic acids is 1. The first kappa shape index (κ1) is 25.5. The molecule has 4 N–H and O–H groups in total. The predicted molar refractivity (Wildman–Crippen MR) is 99.6 cm³/mol. The lowest BCUT2D eigenvalue weighted by molar-refractivity contribution is -0.147. The average Bonchev–Trinajstić information content (AvgIpc) is 2.61. The van der Waals surface area contributed by atoms with E-state index < -0.39 is 26.5 Å². The number of phosphoric acid groups is 1. The van der Waals surface area contributed by atoms with Gasteiger partial charge in [-0.1, -0.05) is 58.3 Å². The Morgan fingerprint density at radius 3 is 2.15 bits per heavy atom. The number of phosphoric ester groups is 1. The van der Waals surface area contributed by atoms with E-state index in [0.717, 1.165) is 19.3 Å². The number of esters is 1. The number of nitrogens with two attached hydrogens (primary N) is 1. The summed E-state index contributed by atoms with van der Waals surface area (Å²) >= 11 is 0. The standard InChI is InChI=1S/C17H36NO7P/c1-2-3-4-5-6-7-8-9-10-11-17(20)23-14-16(19)15-25-26(21,22)24-13-12-18/h16,19H,2-15,18H2,1H3,(H,21,22)/t16-/m0/s1. The van der Waals surface area contributed by atoms with Crippen LogP contribution >= 0.6 is 7.82 Å². The largest absolute Gasteiger partial charge is 0.472 e. The molecule has 9 heteroatoms. The van der Waals surface area contributed by atoms with E-state index in [9.17, 15) is 19.4 Å². The molecule has 8 nitrogen and oxygen atoms in total. The summed E-state index contributed by atoms with van der Waals surface area (Å²) in [4.78, 5) is 20.8. The van der Waals surface area contributed by atoms with Crippen molar-refractivity contribution in [1.29, 1.82) is 0 Å². The van der Waals surface area contributed by atoms with Gasteiger partial charge in [0, 0.05) is 13.0 Å². The van der Waals surface area contributed by atoms with Crippen LogP contribution in [0.1, 0.15) is 71.1 Å². The highest BCUT2D eigenvalue weighted by Gasteiger charge is 2.22. The molecule has 0 aliphatic heterocycles. The van der Waals surface area contributed by atoms with Gasteiger partial charge in [0.15, 0.2) is 0 Å². The summed E-state index contributed by atoms with van der Waals surface area (Å²) in [7, 11) is -4.23. The Bertz CT molecular complexity index is 395. The lowest BCUT2D eigenvalue weighted by Gasteiger charge is -2.15. The molecule has 0 spiro atoms. The third-order valence-corrected chi connectivity index (χ3v) is 4.71. The molecule has 0 aliphatic carbocycles. The molecular weight excluding hydrogens is 361 g/mol. The third-order valence-electron chi connectivity index (χ3n) is 3.72. The van der Waals surface area contributed by atoms with Gasteiger partial charge < -0.3 is 20.5 Å². The number of hydrogen-bond acceptors (Lipinski definition) is 7. The highest BCUT2D eigenvalue weighted by molar-refractivity contribution is 7.47. The summed E-state index contributed by atoms with van der Waals surface area (Å²) < 4.78 is 25.4. The van der Waals surface area contributed by atoms with E-state index in [1.807, 2.05) is 0 Å². The minimum atomic E-state index is -4.23. The number of ether oxygens (including phenoxy) is 1. The van der Waals surface area contributed by atoms with Crippen LogP contribution in [0, 0.1) is 0 Å². The van der Waals surface area contributed by atoms with Crippen molar-refractivity contribution >= 4 is 13.8 Å². The first-order chi connectivity index (χ1) is 12.4. The molecule has 0 aliphatic rings. The van der Waals surface area contributed by atoms with Crippen molar-refractivity contribution in [2.75, 3.05) is 26.4 Å². The third kappa shape index (κ3) is 16.9. The topological polar surface area (TPSA) is 128 Å². The molecule has 0 amide bonds. The molecule has 0 saturated heterocycles. The zero-order chi connectivity index (χ0) is 19.7. The molecular formula is C17H36NO7P. The molecule has 0 aromatic carbocycles. The second-order valence-corrected chi connectivity index (χ2v) is 7.75. The van der Waals surface area contributed by atoms with Crippen molar-refractivity contribution in [2.45, 2.75) is 77.2 Å². The van der Waals surface area contributed by atoms with E-state index in [2.05, 4.69) is 16.0 Å². The Morgan fingerprint density at radius 1 is 1.00 bits per heavy atom. The van der Waals surface area contributed by atoms with Crippen LogP contribution in [0.4, 0.5) is 0 Å². The van der Waals surface area contributed by atoms with Crippen LogP contribution in [0.25, 0.3) is 0 Å². The van der Waals surface area contributed by atoms with Gasteiger partial charge in [0.05, 0.1) is 13.2 Å². The van der Waals surface area contributed by atoms with Gasteiger partial charge in [-0.15, -0.1) is 0 Å². The van der Waals surface area contributed by atoms with Crippen molar-refractivity contribution in [3.63, 3.8) is 0 Å². The summed E-state index contributed by atoms with van der Waals surface area (Å²) in [6.07, 6.45) is 9.58. The number of aliphatic hydroxyl groups is 1. The Labute approximate surface area is 157 Å². The smallest absolute Gasteiger partial charge is 0.463 e. The van der Waals surface area contributed by atoms with E-state index in [4.69, 9.17) is 10.5 Å². The van der Waals surface area contributed by atoms with E-state index >= 15 is 0 Å². The fourth-order valence-corrected chi connectivity index (χ4v) is 3.05. The van der Waals surface area contributed by atoms with Gasteiger partial charge in [0.25, 0.3) is 0 Å². The van der Waals surface area contributed by atoms with E-state index in [1.54, 1.807) is 0 Å². The average molecular weight is 397 g/mol. The van der Waals surface area contributed by atoms with Crippen molar-refractivity contribution in [2.24, 2.45) is 5.73 Å². The molecule has 2 atom stereocenters. The van der Waals surface area contributed by atoms with Crippen LogP contribution in [0.2, 0.25) is 0 Å². The summed E-state index contributed by atoms with van der Waals surface area (Å²) in [5.41, 5.74) is 5.14. The van der Waals surface area contributed by atoms with Crippen molar-refractivity contribution in [3.05, 3.63) is 0 Å². The zero-order valence-electron chi connectivity index (χ0n) is 15.9. The van der Waals surface area contributed by atoms with Gasteiger partial charge in [0.1, 0.15) is 12.7 Å². The van der Waals surface area contributed by atoms with Crippen LogP contribution < -0.4 is 5.73 Å². The van der Waals surface area contributed by atoms with Crippen molar-refractivity contribution in [3.8, 4) is 0 Å². The normalized spacial score (nSPS) is 14.8. The minimum absolute atomic E-state index is 0.0763. The molecule has 0 radical (unpaired) electrons. The lowest BCUT2D eigenvalue weighted by atomic mass is 10.1. The van der Waals surface area contributed by atoms with Crippen LogP contribution in [0.15, 0.2) is 0 Å². The van der Waals surface area contributed by atoms with E-state index in [1.165, 1.54) is 38.5 Å². The van der Waals surface area contributed by atoms with Gasteiger partial charge in [-0.3, -0.25) is 13.8 Å². The number of carbonyl (C=O) groups is 1. The van der Waals surface area contributed by atoms with Gasteiger partial charge in [-0.05, 0) is 6.42 Å². The first-order valence-corrected chi connectivity index (χ1v) is 11.1. The fourth-order valence-electron chi connectivity index (χ4n) is 2.27. The molecule has 156 valence electrons. The molecule has 26 heavy (non-hydrogen) atoms. The van der Waals surface area contributed by atoms with Gasteiger partial charge in [-0.25, -0.2) is 4.57 Å². The van der Waals surface area contributed by atoms with E-state index in [0.29, 0.717) is 6.42 Å². The number of rotatable bonds is 18. The Balaban J connectivity index is 3.56. The zero-order valence-corrected chi connectivity index (χ0v) is 16.8. The fraction of sp³-hybridized carbons (Fsp3) is 0.941. The van der Waals surface area contributed by atoms with Crippen molar-refractivity contribution < 1.29 is 33.1 Å². The summed E-state index contributed by atoms with van der Waals surface area (Å²) in [5.74, 6) is -0.390. The molecule has 0 rings (SSSR count). The minimum Gasteiger partial charge on any atom is -0.463 e. The van der Waals surface area contributed by atoms with Crippen molar-refractivity contribution in [1.82, 2.24) is 0 Å². The van der Waals surface area contributed by atoms with Crippen LogP contribution in [-0.2, 0) is 23.1 Å². The Morgan fingerprint density at radius 2 is 1.58 bits per heavy atom. The summed E-state index contributed by atoms with van der Waals surface area (Å²) in [6.45, 7) is 1.40. The van der Waals surface area contributed by atoms with E-state index in [-0.39, 0.29) is 19.8 Å². The molecule has 0 aromatic heterocycles. The molecule has 0 fully saturated rings. The maximum Gasteiger partial charge on any atom is 0.472 e. The van der Waals surface area contributed by atoms with Gasteiger partial charge in [-0.2, -0.15) is 0 Å². The number of hydrogen-bond donors (Lipinski definition) is 3.